The number of aryl methyl sites for hydroxylation is 1. The van der Waals surface area contributed by atoms with Gasteiger partial charge in [0, 0.05) is 23.1 Å². The summed E-state index contributed by atoms with van der Waals surface area (Å²) in [5.41, 5.74) is 2.06. The molecule has 21 heavy (non-hydrogen) atoms. The molecule has 3 rings (SSSR count). The molecule has 1 atom stereocenters. The summed E-state index contributed by atoms with van der Waals surface area (Å²) in [5, 5.41) is 10.7. The van der Waals surface area contributed by atoms with Crippen LogP contribution in [0.5, 0.6) is 0 Å². The van der Waals surface area contributed by atoms with Gasteiger partial charge in [0.15, 0.2) is 5.82 Å². The molecule has 0 radical (unpaired) electrons. The fourth-order valence-corrected chi connectivity index (χ4v) is 3.11. The molecule has 2 aromatic rings. The standard InChI is InChI=1S/C15H16N4OS/c1-2-11-8-13(19-18-11)17-14(20)12-9-21-15(16-12)10-6-4-3-5-7-10/h3-8,12H,2,9H2,1H3,(H2,17,18,19,20). The number of carbonyl (C=O) groups is 1. The summed E-state index contributed by atoms with van der Waals surface area (Å²) in [4.78, 5) is 16.7. The third kappa shape index (κ3) is 3.16. The van der Waals surface area contributed by atoms with Crippen LogP contribution in [0.15, 0.2) is 41.4 Å². The fourth-order valence-electron chi connectivity index (χ4n) is 2.06. The van der Waals surface area contributed by atoms with E-state index in [0.717, 1.165) is 22.7 Å². The van der Waals surface area contributed by atoms with Gasteiger partial charge in [-0.2, -0.15) is 5.10 Å². The highest BCUT2D eigenvalue weighted by Gasteiger charge is 2.26. The first-order chi connectivity index (χ1) is 10.3. The molecule has 1 aromatic carbocycles. The molecule has 0 saturated heterocycles. The molecule has 1 aromatic heterocycles. The molecule has 1 aliphatic heterocycles. The minimum atomic E-state index is -0.355. The van der Waals surface area contributed by atoms with Crippen LogP contribution in [0, 0.1) is 0 Å². The summed E-state index contributed by atoms with van der Waals surface area (Å²) in [5.74, 6) is 1.12. The quantitative estimate of drug-likeness (QED) is 0.911. The van der Waals surface area contributed by atoms with Crippen LogP contribution in [0.3, 0.4) is 0 Å². The average molecular weight is 300 g/mol. The Morgan fingerprint density at radius 3 is 2.95 bits per heavy atom. The monoisotopic (exact) mass is 300 g/mol. The van der Waals surface area contributed by atoms with Crippen LogP contribution in [0.25, 0.3) is 0 Å². The number of amides is 1. The van der Waals surface area contributed by atoms with Crippen molar-refractivity contribution in [2.24, 2.45) is 4.99 Å². The topological polar surface area (TPSA) is 70.1 Å². The number of aliphatic imine (C=N–C) groups is 1. The minimum Gasteiger partial charge on any atom is -0.307 e. The van der Waals surface area contributed by atoms with Crippen LogP contribution in [0.4, 0.5) is 5.82 Å². The zero-order valence-electron chi connectivity index (χ0n) is 11.7. The van der Waals surface area contributed by atoms with Crippen molar-refractivity contribution in [2.75, 3.05) is 11.1 Å². The Kier molecular flexibility index (Phi) is 4.06. The van der Waals surface area contributed by atoms with Crippen molar-refractivity contribution in [1.29, 1.82) is 0 Å². The van der Waals surface area contributed by atoms with Crippen LogP contribution in [0.2, 0.25) is 0 Å². The number of hydrogen-bond donors (Lipinski definition) is 2. The predicted molar refractivity (Wildman–Crippen MR) is 85.8 cm³/mol. The SMILES string of the molecule is CCc1cc(NC(=O)C2CSC(c3ccccc3)=N2)n[nH]1. The van der Waals surface area contributed by atoms with Crippen LogP contribution in [0.1, 0.15) is 18.2 Å². The molecule has 1 unspecified atom stereocenters. The molecule has 0 saturated carbocycles. The van der Waals surface area contributed by atoms with E-state index < -0.39 is 0 Å². The Balaban J connectivity index is 1.67. The first-order valence-corrected chi connectivity index (χ1v) is 7.86. The van der Waals surface area contributed by atoms with Gasteiger partial charge >= 0.3 is 0 Å². The van der Waals surface area contributed by atoms with Crippen LogP contribution in [-0.2, 0) is 11.2 Å². The molecule has 6 heteroatoms. The molecule has 2 heterocycles. The number of rotatable bonds is 4. The lowest BCUT2D eigenvalue weighted by Gasteiger charge is -2.04. The maximum Gasteiger partial charge on any atom is 0.251 e. The van der Waals surface area contributed by atoms with Crippen molar-refractivity contribution in [2.45, 2.75) is 19.4 Å². The molecule has 0 bridgehead atoms. The number of hydrogen-bond acceptors (Lipinski definition) is 4. The van der Waals surface area contributed by atoms with Crippen molar-refractivity contribution in [3.63, 3.8) is 0 Å². The minimum absolute atomic E-state index is 0.109. The van der Waals surface area contributed by atoms with Gasteiger partial charge in [-0.05, 0) is 6.42 Å². The molecule has 0 aliphatic carbocycles. The van der Waals surface area contributed by atoms with Crippen molar-refractivity contribution in [3.05, 3.63) is 47.7 Å². The highest BCUT2D eigenvalue weighted by Crippen LogP contribution is 2.24. The van der Waals surface area contributed by atoms with Gasteiger partial charge in [0.1, 0.15) is 6.04 Å². The Morgan fingerprint density at radius 2 is 2.24 bits per heavy atom. The zero-order chi connectivity index (χ0) is 14.7. The van der Waals surface area contributed by atoms with Gasteiger partial charge in [-0.25, -0.2) is 0 Å². The number of thioether (sulfide) groups is 1. The highest BCUT2D eigenvalue weighted by atomic mass is 32.2. The second kappa shape index (κ2) is 6.13. The first kappa shape index (κ1) is 13.9. The Labute approximate surface area is 127 Å². The molecule has 1 aliphatic rings. The van der Waals surface area contributed by atoms with Crippen LogP contribution in [-0.4, -0.2) is 32.9 Å². The Hall–Kier alpha value is -2.08. The summed E-state index contributed by atoms with van der Waals surface area (Å²) in [6, 6.07) is 11.4. The summed E-state index contributed by atoms with van der Waals surface area (Å²) < 4.78 is 0. The Morgan fingerprint density at radius 1 is 1.43 bits per heavy atom. The molecule has 0 spiro atoms. The third-order valence-corrected chi connectivity index (χ3v) is 4.33. The molecule has 0 fully saturated rings. The smallest absolute Gasteiger partial charge is 0.251 e. The van der Waals surface area contributed by atoms with Crippen LogP contribution >= 0.6 is 11.8 Å². The second-order valence-electron chi connectivity index (χ2n) is 4.75. The van der Waals surface area contributed by atoms with Crippen molar-refractivity contribution >= 4 is 28.5 Å². The van der Waals surface area contributed by atoms with E-state index in [2.05, 4.69) is 20.5 Å². The van der Waals surface area contributed by atoms with E-state index in [9.17, 15) is 4.79 Å². The van der Waals surface area contributed by atoms with Gasteiger partial charge in [0.2, 0.25) is 0 Å². The van der Waals surface area contributed by atoms with E-state index in [0.29, 0.717) is 11.6 Å². The lowest BCUT2D eigenvalue weighted by molar-refractivity contribution is -0.116. The fraction of sp³-hybridized carbons (Fsp3) is 0.267. The van der Waals surface area contributed by atoms with E-state index in [1.165, 1.54) is 0 Å². The number of nitrogens with zero attached hydrogens (tertiary/aromatic N) is 2. The van der Waals surface area contributed by atoms with Gasteiger partial charge in [0.05, 0.1) is 5.04 Å². The predicted octanol–water partition coefficient (Wildman–Crippen LogP) is 2.47. The number of H-pyrrole nitrogens is 1. The number of nitrogens with one attached hydrogen (secondary N) is 2. The van der Waals surface area contributed by atoms with Gasteiger partial charge in [-0.3, -0.25) is 14.9 Å². The number of carbonyl (C=O) groups excluding carboxylic acids is 1. The van der Waals surface area contributed by atoms with E-state index >= 15 is 0 Å². The molecule has 108 valence electrons. The number of aromatic amines is 1. The molecular formula is C15H16N4OS. The van der Waals surface area contributed by atoms with E-state index in [1.807, 2.05) is 43.3 Å². The molecule has 1 amide bonds. The van der Waals surface area contributed by atoms with Crippen LogP contribution < -0.4 is 5.32 Å². The maximum atomic E-state index is 12.2. The maximum absolute atomic E-state index is 12.2. The Bertz CT molecular complexity index is 665. The highest BCUT2D eigenvalue weighted by molar-refractivity contribution is 8.14. The van der Waals surface area contributed by atoms with E-state index in [1.54, 1.807) is 11.8 Å². The average Bonchev–Trinajstić information content (AvgIpc) is 3.17. The number of anilines is 1. The van der Waals surface area contributed by atoms with E-state index in [-0.39, 0.29) is 11.9 Å². The number of benzene rings is 1. The van der Waals surface area contributed by atoms with Crippen molar-refractivity contribution in [3.8, 4) is 0 Å². The van der Waals surface area contributed by atoms with Gasteiger partial charge < -0.3 is 5.32 Å². The lowest BCUT2D eigenvalue weighted by atomic mass is 10.2. The first-order valence-electron chi connectivity index (χ1n) is 6.87. The largest absolute Gasteiger partial charge is 0.307 e. The van der Waals surface area contributed by atoms with E-state index in [4.69, 9.17) is 0 Å². The lowest BCUT2D eigenvalue weighted by Crippen LogP contribution is -2.26. The molecule has 2 N–H and O–H groups in total. The van der Waals surface area contributed by atoms with Crippen molar-refractivity contribution in [1.82, 2.24) is 10.2 Å². The molecule has 5 nitrogen and oxygen atoms in total. The summed E-state index contributed by atoms with van der Waals surface area (Å²) in [7, 11) is 0. The third-order valence-electron chi connectivity index (χ3n) is 3.24. The second-order valence-corrected chi connectivity index (χ2v) is 5.76. The van der Waals surface area contributed by atoms with Gasteiger partial charge in [0.25, 0.3) is 5.91 Å². The van der Waals surface area contributed by atoms with Gasteiger partial charge in [-0.1, -0.05) is 37.3 Å². The summed E-state index contributed by atoms with van der Waals surface area (Å²) in [6.45, 7) is 2.03. The normalized spacial score (nSPS) is 17.6. The summed E-state index contributed by atoms with van der Waals surface area (Å²) in [6.07, 6.45) is 0.860. The number of aromatic nitrogens is 2. The summed E-state index contributed by atoms with van der Waals surface area (Å²) >= 11 is 1.61. The van der Waals surface area contributed by atoms with Crippen molar-refractivity contribution < 1.29 is 4.79 Å². The van der Waals surface area contributed by atoms with Gasteiger partial charge in [-0.15, -0.1) is 11.8 Å². The zero-order valence-corrected chi connectivity index (χ0v) is 12.5. The molecular weight excluding hydrogens is 284 g/mol.